The van der Waals surface area contributed by atoms with Gasteiger partial charge in [-0.1, -0.05) is 0 Å². The highest BCUT2D eigenvalue weighted by Gasteiger charge is 2.34. The Labute approximate surface area is 219 Å². The molecule has 2 aromatic carbocycles. The molecule has 0 unspecified atom stereocenters. The van der Waals surface area contributed by atoms with Crippen LogP contribution in [-0.2, 0) is 4.79 Å². The van der Waals surface area contributed by atoms with Crippen molar-refractivity contribution in [3.63, 3.8) is 0 Å². The molecule has 1 saturated heterocycles. The lowest BCUT2D eigenvalue weighted by Crippen LogP contribution is -2.44. The number of halogens is 3. The van der Waals surface area contributed by atoms with Gasteiger partial charge >= 0.3 is 5.97 Å². The highest BCUT2D eigenvalue weighted by atomic mass is 32.2. The SMILES string of the molecule is COc1ccc2nccc([C@H](F)CC[C@@H]3CCN(CCCSc4cc(F)ccc4F)C[C@@H]3C(=O)O)c2c1. The van der Waals surface area contributed by atoms with Crippen molar-refractivity contribution in [2.75, 3.05) is 32.5 Å². The third kappa shape index (κ3) is 6.96. The molecule has 0 saturated carbocycles. The van der Waals surface area contributed by atoms with E-state index in [2.05, 4.69) is 9.88 Å². The number of piperidine rings is 1. The Morgan fingerprint density at radius 2 is 2.08 bits per heavy atom. The summed E-state index contributed by atoms with van der Waals surface area (Å²) >= 11 is 1.26. The van der Waals surface area contributed by atoms with E-state index >= 15 is 4.39 Å². The van der Waals surface area contributed by atoms with Crippen LogP contribution in [0, 0.1) is 23.5 Å². The molecule has 0 spiro atoms. The molecule has 0 radical (unpaired) electrons. The molecule has 1 fully saturated rings. The maximum Gasteiger partial charge on any atom is 0.308 e. The van der Waals surface area contributed by atoms with Crippen molar-refractivity contribution in [2.45, 2.75) is 36.8 Å². The van der Waals surface area contributed by atoms with Crippen molar-refractivity contribution >= 4 is 28.6 Å². The van der Waals surface area contributed by atoms with E-state index in [1.165, 1.54) is 17.8 Å². The molecule has 0 aliphatic carbocycles. The number of ether oxygens (including phenoxy) is 1. The molecule has 1 N–H and O–H groups in total. The zero-order chi connectivity index (χ0) is 26.4. The van der Waals surface area contributed by atoms with E-state index in [-0.39, 0.29) is 17.2 Å². The molecule has 9 heteroatoms. The van der Waals surface area contributed by atoms with Crippen LogP contribution in [0.5, 0.6) is 5.75 Å². The van der Waals surface area contributed by atoms with Crippen LogP contribution < -0.4 is 4.74 Å². The fourth-order valence-corrected chi connectivity index (χ4v) is 5.91. The zero-order valence-electron chi connectivity index (χ0n) is 20.7. The van der Waals surface area contributed by atoms with Gasteiger partial charge in [-0.15, -0.1) is 11.8 Å². The Bertz CT molecular complexity index is 1230. The molecule has 1 aromatic heterocycles. The van der Waals surface area contributed by atoms with E-state index in [4.69, 9.17) is 4.74 Å². The summed E-state index contributed by atoms with van der Waals surface area (Å²) in [6.45, 7) is 1.82. The van der Waals surface area contributed by atoms with Gasteiger partial charge in [0.15, 0.2) is 0 Å². The number of carboxylic acid groups (broad SMARTS) is 1. The number of pyridine rings is 1. The lowest BCUT2D eigenvalue weighted by atomic mass is 9.81. The standard InChI is InChI=1S/C28H31F3N2O3S/c1-36-20-5-8-26-22(16-20)21(9-11-32-26)24(30)6-3-18-10-13-33(17-23(18)28(34)35)12-2-14-37-27-15-19(29)4-7-25(27)31/h4-5,7-9,11,15-16,18,23-24H,2-3,6,10,12-14,17H2,1H3,(H,34,35)/t18-,23+,24-/m1/s1. The number of methoxy groups -OCH3 is 1. The number of likely N-dealkylation sites (tertiary alicyclic amines) is 1. The van der Waals surface area contributed by atoms with Crippen LogP contribution in [-0.4, -0.2) is 53.5 Å². The second-order valence-electron chi connectivity index (χ2n) is 9.40. The molecule has 0 amide bonds. The number of hydrogen-bond donors (Lipinski definition) is 1. The van der Waals surface area contributed by atoms with E-state index in [1.807, 2.05) is 0 Å². The van der Waals surface area contributed by atoms with Crippen molar-refractivity contribution in [1.82, 2.24) is 9.88 Å². The first-order chi connectivity index (χ1) is 17.9. The fraction of sp³-hybridized carbons (Fsp3) is 0.429. The quantitative estimate of drug-likeness (QED) is 0.224. The minimum atomic E-state index is -1.23. The lowest BCUT2D eigenvalue weighted by molar-refractivity contribution is -0.146. The smallest absolute Gasteiger partial charge is 0.308 e. The predicted molar refractivity (Wildman–Crippen MR) is 139 cm³/mol. The molecular weight excluding hydrogens is 501 g/mol. The Kier molecular flexibility index (Phi) is 9.32. The number of nitrogens with zero attached hydrogens (tertiary/aromatic N) is 2. The Morgan fingerprint density at radius 1 is 1.24 bits per heavy atom. The lowest BCUT2D eigenvalue weighted by Gasteiger charge is -2.36. The molecule has 198 valence electrons. The number of fused-ring (bicyclic) bond motifs is 1. The summed E-state index contributed by atoms with van der Waals surface area (Å²) in [5.74, 6) is -1.21. The van der Waals surface area contributed by atoms with Gasteiger partial charge in [0.2, 0.25) is 0 Å². The van der Waals surface area contributed by atoms with Gasteiger partial charge in [0.1, 0.15) is 23.6 Å². The van der Waals surface area contributed by atoms with E-state index < -0.39 is 29.7 Å². The highest BCUT2D eigenvalue weighted by molar-refractivity contribution is 7.99. The van der Waals surface area contributed by atoms with Crippen molar-refractivity contribution in [1.29, 1.82) is 0 Å². The van der Waals surface area contributed by atoms with Crippen LogP contribution in [0.25, 0.3) is 10.9 Å². The molecule has 5 nitrogen and oxygen atoms in total. The maximum absolute atomic E-state index is 15.4. The number of rotatable bonds is 11. The molecule has 1 aliphatic rings. The van der Waals surface area contributed by atoms with Crippen LogP contribution in [0.1, 0.15) is 37.4 Å². The molecule has 2 heterocycles. The van der Waals surface area contributed by atoms with Crippen molar-refractivity contribution in [2.24, 2.45) is 11.8 Å². The van der Waals surface area contributed by atoms with Gasteiger partial charge in [0, 0.05) is 23.0 Å². The van der Waals surface area contributed by atoms with E-state index in [0.29, 0.717) is 53.9 Å². The summed E-state index contributed by atoms with van der Waals surface area (Å²) in [6, 6.07) is 10.5. The van der Waals surface area contributed by atoms with Crippen molar-refractivity contribution in [3.05, 3.63) is 65.9 Å². The average Bonchev–Trinajstić information content (AvgIpc) is 2.91. The van der Waals surface area contributed by atoms with Gasteiger partial charge in [0.05, 0.1) is 18.5 Å². The fourth-order valence-electron chi connectivity index (χ4n) is 5.02. The number of aliphatic carboxylic acids is 1. The summed E-state index contributed by atoms with van der Waals surface area (Å²) in [5, 5.41) is 10.6. The topological polar surface area (TPSA) is 62.7 Å². The van der Waals surface area contributed by atoms with Gasteiger partial charge in [0.25, 0.3) is 0 Å². The number of thioether (sulfide) groups is 1. The van der Waals surface area contributed by atoms with Crippen molar-refractivity contribution < 1.29 is 27.8 Å². The Hall–Kier alpha value is -2.78. The second kappa shape index (κ2) is 12.6. The van der Waals surface area contributed by atoms with E-state index in [9.17, 15) is 18.7 Å². The minimum absolute atomic E-state index is 0.106. The van der Waals surface area contributed by atoms with Gasteiger partial charge in [-0.3, -0.25) is 9.78 Å². The van der Waals surface area contributed by atoms with Gasteiger partial charge in [-0.25, -0.2) is 13.2 Å². The summed E-state index contributed by atoms with van der Waals surface area (Å²) in [5.41, 5.74) is 1.23. The summed E-state index contributed by atoms with van der Waals surface area (Å²) in [6.07, 6.45) is 2.49. The Balaban J connectivity index is 1.29. The van der Waals surface area contributed by atoms with Crippen LogP contribution >= 0.6 is 11.8 Å². The molecule has 0 bridgehead atoms. The van der Waals surface area contributed by atoms with Crippen LogP contribution in [0.4, 0.5) is 13.2 Å². The number of benzene rings is 2. The first kappa shape index (κ1) is 27.3. The van der Waals surface area contributed by atoms with Crippen LogP contribution in [0.2, 0.25) is 0 Å². The summed E-state index contributed by atoms with van der Waals surface area (Å²) in [7, 11) is 1.56. The van der Waals surface area contributed by atoms with E-state index in [0.717, 1.165) is 25.1 Å². The average molecular weight is 533 g/mol. The summed E-state index contributed by atoms with van der Waals surface area (Å²) < 4.78 is 47.8. The minimum Gasteiger partial charge on any atom is -0.497 e. The largest absolute Gasteiger partial charge is 0.497 e. The van der Waals surface area contributed by atoms with Crippen LogP contribution in [0.3, 0.4) is 0 Å². The monoisotopic (exact) mass is 532 g/mol. The van der Waals surface area contributed by atoms with Gasteiger partial charge in [-0.2, -0.15) is 0 Å². The maximum atomic E-state index is 15.4. The number of carbonyl (C=O) groups is 1. The first-order valence-corrected chi connectivity index (χ1v) is 13.4. The molecule has 3 atom stereocenters. The highest BCUT2D eigenvalue weighted by Crippen LogP contribution is 2.35. The molecular formula is C28H31F3N2O3S. The zero-order valence-corrected chi connectivity index (χ0v) is 21.5. The molecule has 37 heavy (non-hydrogen) atoms. The Morgan fingerprint density at radius 3 is 2.86 bits per heavy atom. The first-order valence-electron chi connectivity index (χ1n) is 12.5. The third-order valence-corrected chi connectivity index (χ3v) is 8.15. The van der Waals surface area contributed by atoms with E-state index in [1.54, 1.807) is 37.6 Å². The van der Waals surface area contributed by atoms with Crippen molar-refractivity contribution in [3.8, 4) is 5.75 Å². The number of alkyl halides is 1. The normalized spacial score (nSPS) is 19.1. The predicted octanol–water partition coefficient (Wildman–Crippen LogP) is 6.52. The van der Waals surface area contributed by atoms with Crippen LogP contribution in [0.15, 0.2) is 53.6 Å². The second-order valence-corrected chi connectivity index (χ2v) is 10.5. The summed E-state index contributed by atoms with van der Waals surface area (Å²) in [4.78, 5) is 18.7. The van der Waals surface area contributed by atoms with Gasteiger partial charge < -0.3 is 14.7 Å². The molecule has 1 aliphatic heterocycles. The molecule has 3 aromatic rings. The number of carboxylic acids is 1. The number of aromatic nitrogens is 1. The molecule has 4 rings (SSSR count). The third-order valence-electron chi connectivity index (χ3n) is 7.04. The van der Waals surface area contributed by atoms with Gasteiger partial charge in [-0.05, 0) is 98.5 Å². The number of hydrogen-bond acceptors (Lipinski definition) is 5.